The number of benzene rings is 5. The van der Waals surface area contributed by atoms with Gasteiger partial charge in [-0.2, -0.15) is 0 Å². The minimum absolute atomic E-state index is 0.372. The Labute approximate surface area is 281 Å². The Morgan fingerprint density at radius 2 is 1.35 bits per heavy atom. The maximum absolute atomic E-state index is 14.9. The normalized spacial score (nSPS) is 16.2. The number of pyridine rings is 1. The molecule has 0 N–H and O–H groups in total. The van der Waals surface area contributed by atoms with E-state index in [9.17, 15) is 4.57 Å². The lowest BCUT2D eigenvalue weighted by atomic mass is 9.83. The van der Waals surface area contributed by atoms with Crippen molar-refractivity contribution >= 4 is 67.6 Å². The fourth-order valence-corrected chi connectivity index (χ4v) is 10.3. The molecule has 0 radical (unpaired) electrons. The fourth-order valence-electron chi connectivity index (χ4n) is 7.66. The first-order chi connectivity index (χ1) is 23.6. The second kappa shape index (κ2) is 11.5. The molecule has 2 heterocycles. The van der Waals surface area contributed by atoms with Gasteiger partial charge in [-0.05, 0) is 65.0 Å². The molecule has 2 aromatic heterocycles. The maximum atomic E-state index is 14.9. The van der Waals surface area contributed by atoms with Crippen molar-refractivity contribution in [2.75, 3.05) is 0 Å². The molecule has 0 aliphatic heterocycles. The standard InChI is InChI=1S/C44H35N2OP/c1-30-20-21-32(28-40(30)31-22-25-36(26-23-31)48(47,34-12-4-2-5-13-34)35-14-6-3-7-15-35)33-24-27-38-37-16-8-9-17-39(37)44-45-41-18-10-11-19-42(41)46(44)43(38)29-33/h2-9,11-17,19,21-30H,10,18,20H2,1H3/t30-/m1/s1. The lowest BCUT2D eigenvalue weighted by Crippen LogP contribution is -2.25. The highest BCUT2D eigenvalue weighted by Crippen LogP contribution is 2.43. The van der Waals surface area contributed by atoms with Crippen LogP contribution >= 0.6 is 7.14 Å². The van der Waals surface area contributed by atoms with Crippen LogP contribution < -0.4 is 15.9 Å². The molecule has 2 aliphatic carbocycles. The summed E-state index contributed by atoms with van der Waals surface area (Å²) in [4.78, 5) is 5.16. The Morgan fingerprint density at radius 1 is 0.708 bits per heavy atom. The third kappa shape index (κ3) is 4.57. The Balaban J connectivity index is 1.14. The Bertz CT molecular complexity index is 2460. The highest BCUT2D eigenvalue weighted by molar-refractivity contribution is 7.85. The first-order valence-corrected chi connectivity index (χ1v) is 18.6. The van der Waals surface area contributed by atoms with Crippen molar-refractivity contribution in [2.45, 2.75) is 26.2 Å². The van der Waals surface area contributed by atoms with Crippen molar-refractivity contribution in [3.63, 3.8) is 0 Å². The van der Waals surface area contributed by atoms with E-state index >= 15 is 0 Å². The summed E-state index contributed by atoms with van der Waals surface area (Å²) in [5.74, 6) is 0.372. The zero-order chi connectivity index (χ0) is 32.2. The summed E-state index contributed by atoms with van der Waals surface area (Å²) in [5, 5.41) is 6.24. The highest BCUT2D eigenvalue weighted by Gasteiger charge is 2.30. The van der Waals surface area contributed by atoms with Crippen LogP contribution in [0.4, 0.5) is 0 Å². The molecular formula is C44H35N2OP. The molecule has 48 heavy (non-hydrogen) atoms. The highest BCUT2D eigenvalue weighted by atomic mass is 31.2. The van der Waals surface area contributed by atoms with Crippen molar-refractivity contribution < 1.29 is 4.57 Å². The van der Waals surface area contributed by atoms with Gasteiger partial charge in [0.05, 0.1) is 16.9 Å². The number of nitrogens with zero attached hydrogens (tertiary/aromatic N) is 2. The molecular weight excluding hydrogens is 603 g/mol. The van der Waals surface area contributed by atoms with Gasteiger partial charge in [0.25, 0.3) is 0 Å². The van der Waals surface area contributed by atoms with E-state index in [1.54, 1.807) is 0 Å². The average Bonchev–Trinajstić information content (AvgIpc) is 3.56. The Kier molecular flexibility index (Phi) is 6.92. The smallest absolute Gasteiger partial charge is 0.171 e. The summed E-state index contributed by atoms with van der Waals surface area (Å²) in [6.45, 7) is 2.30. The summed E-state index contributed by atoms with van der Waals surface area (Å²) in [6.07, 6.45) is 12.2. The summed E-state index contributed by atoms with van der Waals surface area (Å²) in [5.41, 5.74) is 9.54. The van der Waals surface area contributed by atoms with Crippen molar-refractivity contribution in [3.8, 4) is 0 Å². The molecule has 0 bridgehead atoms. The molecule has 9 rings (SSSR count). The lowest BCUT2D eigenvalue weighted by Gasteiger charge is -2.23. The van der Waals surface area contributed by atoms with Gasteiger partial charge in [0, 0.05) is 26.7 Å². The predicted octanol–water partition coefficient (Wildman–Crippen LogP) is 9.75. The van der Waals surface area contributed by atoms with Crippen LogP contribution in [0.1, 0.15) is 42.3 Å². The van der Waals surface area contributed by atoms with Gasteiger partial charge >= 0.3 is 0 Å². The third-order valence-electron chi connectivity index (χ3n) is 10.2. The number of rotatable bonds is 5. The molecule has 0 spiro atoms. The third-order valence-corrected chi connectivity index (χ3v) is 13.3. The van der Waals surface area contributed by atoms with Crippen LogP contribution in [0.25, 0.3) is 44.5 Å². The van der Waals surface area contributed by atoms with Crippen LogP contribution in [0.2, 0.25) is 0 Å². The second-order valence-electron chi connectivity index (χ2n) is 13.0. The van der Waals surface area contributed by atoms with Crippen LogP contribution in [0.5, 0.6) is 0 Å². The first-order valence-electron chi connectivity index (χ1n) is 16.9. The zero-order valence-electron chi connectivity index (χ0n) is 26.9. The van der Waals surface area contributed by atoms with E-state index in [0.29, 0.717) is 5.92 Å². The Hall–Kier alpha value is -5.24. The summed E-state index contributed by atoms with van der Waals surface area (Å²) in [7, 11) is -3.02. The van der Waals surface area contributed by atoms with E-state index in [4.69, 9.17) is 4.98 Å². The van der Waals surface area contributed by atoms with Crippen LogP contribution in [0.3, 0.4) is 0 Å². The van der Waals surface area contributed by atoms with Crippen molar-refractivity contribution in [2.24, 2.45) is 5.92 Å². The van der Waals surface area contributed by atoms with Gasteiger partial charge in [-0.1, -0.05) is 146 Å². The van der Waals surface area contributed by atoms with E-state index in [0.717, 1.165) is 40.8 Å². The molecule has 2 aliphatic rings. The van der Waals surface area contributed by atoms with E-state index < -0.39 is 7.14 Å². The topological polar surface area (TPSA) is 34.4 Å². The summed E-state index contributed by atoms with van der Waals surface area (Å²) >= 11 is 0. The summed E-state index contributed by atoms with van der Waals surface area (Å²) in [6, 6.07) is 43.9. The minimum atomic E-state index is -3.02. The van der Waals surface area contributed by atoms with Gasteiger partial charge in [0.1, 0.15) is 5.65 Å². The second-order valence-corrected chi connectivity index (χ2v) is 15.8. The van der Waals surface area contributed by atoms with Gasteiger partial charge in [-0.3, -0.25) is 4.40 Å². The largest absolute Gasteiger partial charge is 0.309 e. The van der Waals surface area contributed by atoms with Gasteiger partial charge < -0.3 is 4.57 Å². The minimum Gasteiger partial charge on any atom is -0.309 e. The van der Waals surface area contributed by atoms with Crippen LogP contribution in [-0.2, 0) is 11.0 Å². The molecule has 4 heteroatoms. The van der Waals surface area contributed by atoms with Crippen LogP contribution in [-0.4, -0.2) is 9.38 Å². The van der Waals surface area contributed by atoms with Crippen molar-refractivity contribution in [3.05, 3.63) is 168 Å². The van der Waals surface area contributed by atoms with Crippen LogP contribution in [0, 0.1) is 5.92 Å². The summed E-state index contributed by atoms with van der Waals surface area (Å²) < 4.78 is 17.3. The molecule has 0 saturated carbocycles. The van der Waals surface area contributed by atoms with Crippen molar-refractivity contribution in [1.29, 1.82) is 0 Å². The fraction of sp³-hybridized carbons (Fsp3) is 0.114. The number of aryl methyl sites for hydroxylation is 1. The van der Waals surface area contributed by atoms with Crippen LogP contribution in [0.15, 0.2) is 146 Å². The lowest BCUT2D eigenvalue weighted by molar-refractivity contribution is 0.592. The number of hydrogen-bond donors (Lipinski definition) is 0. The van der Waals surface area contributed by atoms with E-state index in [1.165, 1.54) is 55.3 Å². The molecule has 0 fully saturated rings. The number of allylic oxidation sites excluding steroid dienone is 5. The van der Waals surface area contributed by atoms with Crippen molar-refractivity contribution in [1.82, 2.24) is 9.38 Å². The Morgan fingerprint density at radius 3 is 2.08 bits per heavy atom. The van der Waals surface area contributed by atoms with E-state index in [2.05, 4.69) is 102 Å². The SMILES string of the molecule is C[C@@H]1CC=C(c2ccc3c4ccccc4c4nc5c(n4c3c2)C=CCC5)C=C1c1ccc(P(=O)(c2ccccc2)c2ccccc2)cc1. The van der Waals surface area contributed by atoms with Gasteiger partial charge in [0.15, 0.2) is 7.14 Å². The van der Waals surface area contributed by atoms with Gasteiger partial charge in [0.2, 0.25) is 0 Å². The molecule has 0 amide bonds. The molecule has 0 unspecified atom stereocenters. The number of hydrogen-bond acceptors (Lipinski definition) is 2. The number of imidazole rings is 1. The zero-order valence-corrected chi connectivity index (χ0v) is 27.8. The quantitative estimate of drug-likeness (QED) is 0.139. The molecule has 5 aromatic carbocycles. The average molecular weight is 639 g/mol. The number of fused-ring (bicyclic) bond motifs is 8. The van der Waals surface area contributed by atoms with Gasteiger partial charge in [-0.15, -0.1) is 0 Å². The number of aromatic nitrogens is 2. The molecule has 3 nitrogen and oxygen atoms in total. The first kappa shape index (κ1) is 28.9. The van der Waals surface area contributed by atoms with E-state index in [-0.39, 0.29) is 0 Å². The predicted molar refractivity (Wildman–Crippen MR) is 203 cm³/mol. The van der Waals surface area contributed by atoms with E-state index in [1.807, 2.05) is 60.7 Å². The van der Waals surface area contributed by atoms with Gasteiger partial charge in [-0.25, -0.2) is 4.98 Å². The molecule has 1 atom stereocenters. The maximum Gasteiger partial charge on any atom is 0.171 e. The monoisotopic (exact) mass is 638 g/mol. The molecule has 232 valence electrons. The molecule has 0 saturated heterocycles. The molecule has 7 aromatic rings.